The Morgan fingerprint density at radius 1 is 1.33 bits per heavy atom. The molecule has 2 aliphatic rings. The fraction of sp³-hybridized carbons (Fsp3) is 0.750. The van der Waals surface area contributed by atoms with Crippen LogP contribution in [0.5, 0.6) is 0 Å². The number of nitrogens with one attached hydrogen (secondary N) is 1. The molecule has 2 saturated heterocycles. The Labute approximate surface area is 70.9 Å². The lowest BCUT2D eigenvalue weighted by Crippen LogP contribution is -2.39. The second-order valence-electron chi connectivity index (χ2n) is 3.62. The van der Waals surface area contributed by atoms with Gasteiger partial charge in [-0.25, -0.2) is 0 Å². The van der Waals surface area contributed by atoms with E-state index in [2.05, 4.69) is 10.2 Å². The number of amides is 2. The van der Waals surface area contributed by atoms with Crippen molar-refractivity contribution in [3.8, 4) is 0 Å². The molecule has 0 bridgehead atoms. The van der Waals surface area contributed by atoms with E-state index in [0.29, 0.717) is 0 Å². The summed E-state index contributed by atoms with van der Waals surface area (Å²) in [5, 5.41) is 2.37. The van der Waals surface area contributed by atoms with Crippen molar-refractivity contribution in [3.63, 3.8) is 0 Å². The third-order valence-electron chi connectivity index (χ3n) is 2.74. The fourth-order valence-corrected chi connectivity index (χ4v) is 2.00. The number of carbonyl (C=O) groups excluding carboxylic acids is 2. The van der Waals surface area contributed by atoms with E-state index in [0.717, 1.165) is 19.5 Å². The van der Waals surface area contributed by atoms with Crippen molar-refractivity contribution in [3.05, 3.63) is 0 Å². The maximum atomic E-state index is 11.2. The summed E-state index contributed by atoms with van der Waals surface area (Å²) in [5.41, 5.74) is 0. The first kappa shape index (κ1) is 7.73. The largest absolute Gasteiger partial charge is 0.306 e. The summed E-state index contributed by atoms with van der Waals surface area (Å²) >= 11 is 0. The quantitative estimate of drug-likeness (QED) is 0.482. The molecule has 2 heterocycles. The van der Waals surface area contributed by atoms with E-state index in [1.807, 2.05) is 7.05 Å². The van der Waals surface area contributed by atoms with Crippen LogP contribution in [0.15, 0.2) is 0 Å². The predicted octanol–water partition coefficient (Wildman–Crippen LogP) is -0.789. The molecule has 2 rings (SSSR count). The first-order valence-electron chi connectivity index (χ1n) is 4.22. The Kier molecular flexibility index (Phi) is 1.65. The van der Waals surface area contributed by atoms with Crippen LogP contribution in [0.25, 0.3) is 0 Å². The SMILES string of the molecule is CN1CC[C@H]2C(=O)NC(=O)[C@H]2C1. The third-order valence-corrected chi connectivity index (χ3v) is 2.74. The molecular formula is C8H12N2O2. The Bertz CT molecular complexity index is 239. The van der Waals surface area contributed by atoms with Gasteiger partial charge in [0.25, 0.3) is 0 Å². The maximum Gasteiger partial charge on any atom is 0.231 e. The molecule has 4 heteroatoms. The minimum Gasteiger partial charge on any atom is -0.306 e. The monoisotopic (exact) mass is 168 g/mol. The highest BCUT2D eigenvalue weighted by molar-refractivity contribution is 6.05. The molecule has 4 nitrogen and oxygen atoms in total. The molecule has 0 aliphatic carbocycles. The topological polar surface area (TPSA) is 49.4 Å². The summed E-state index contributed by atoms with van der Waals surface area (Å²) in [5.74, 6) is -0.292. The third kappa shape index (κ3) is 1.03. The molecule has 0 aromatic rings. The van der Waals surface area contributed by atoms with E-state index in [4.69, 9.17) is 0 Å². The summed E-state index contributed by atoms with van der Waals surface area (Å²) in [7, 11) is 1.98. The van der Waals surface area contributed by atoms with Crippen molar-refractivity contribution in [1.29, 1.82) is 0 Å². The standard InChI is InChI=1S/C8H12N2O2/c1-10-3-2-5-6(4-10)8(12)9-7(5)11/h5-6H,2-4H2,1H3,(H,9,11,12)/t5-,6+/m1/s1. The molecule has 0 spiro atoms. The Morgan fingerprint density at radius 3 is 2.75 bits per heavy atom. The van der Waals surface area contributed by atoms with Crippen LogP contribution >= 0.6 is 0 Å². The molecule has 12 heavy (non-hydrogen) atoms. The van der Waals surface area contributed by atoms with Gasteiger partial charge in [-0.05, 0) is 20.0 Å². The van der Waals surface area contributed by atoms with Gasteiger partial charge in [0.1, 0.15) is 0 Å². The predicted molar refractivity (Wildman–Crippen MR) is 42.2 cm³/mol. The van der Waals surface area contributed by atoms with Gasteiger partial charge in [-0.2, -0.15) is 0 Å². The summed E-state index contributed by atoms with van der Waals surface area (Å²) < 4.78 is 0. The van der Waals surface area contributed by atoms with Gasteiger partial charge in [0.2, 0.25) is 11.8 Å². The summed E-state index contributed by atoms with van der Waals surface area (Å²) in [6.45, 7) is 1.64. The first-order chi connectivity index (χ1) is 5.68. The molecule has 2 fully saturated rings. The number of rotatable bonds is 0. The van der Waals surface area contributed by atoms with Gasteiger partial charge >= 0.3 is 0 Å². The van der Waals surface area contributed by atoms with Gasteiger partial charge in [0.15, 0.2) is 0 Å². The molecule has 66 valence electrons. The highest BCUT2D eigenvalue weighted by atomic mass is 16.2. The van der Waals surface area contributed by atoms with Gasteiger partial charge in [-0.15, -0.1) is 0 Å². The Hall–Kier alpha value is -0.900. The zero-order valence-corrected chi connectivity index (χ0v) is 7.04. The number of hydrogen-bond acceptors (Lipinski definition) is 3. The Balaban J connectivity index is 2.17. The summed E-state index contributed by atoms with van der Waals surface area (Å²) in [6.07, 6.45) is 0.818. The lowest BCUT2D eigenvalue weighted by atomic mass is 9.88. The van der Waals surface area contributed by atoms with Crippen LogP contribution in [0.4, 0.5) is 0 Å². The van der Waals surface area contributed by atoms with Crippen LogP contribution in [-0.2, 0) is 9.59 Å². The van der Waals surface area contributed by atoms with E-state index in [9.17, 15) is 9.59 Å². The molecule has 0 saturated carbocycles. The van der Waals surface area contributed by atoms with Crippen LogP contribution in [0.1, 0.15) is 6.42 Å². The van der Waals surface area contributed by atoms with Crippen LogP contribution in [0.2, 0.25) is 0 Å². The fourth-order valence-electron chi connectivity index (χ4n) is 2.00. The minimum atomic E-state index is -0.0868. The van der Waals surface area contributed by atoms with Gasteiger partial charge in [0.05, 0.1) is 11.8 Å². The molecule has 2 atom stereocenters. The molecule has 0 unspecified atom stereocenters. The number of hydrogen-bond donors (Lipinski definition) is 1. The average molecular weight is 168 g/mol. The summed E-state index contributed by atoms with van der Waals surface area (Å²) in [6, 6.07) is 0. The lowest BCUT2D eigenvalue weighted by molar-refractivity contribution is -0.126. The zero-order valence-electron chi connectivity index (χ0n) is 7.04. The van der Waals surface area contributed by atoms with E-state index < -0.39 is 0 Å². The highest BCUT2D eigenvalue weighted by Gasteiger charge is 2.43. The van der Waals surface area contributed by atoms with Gasteiger partial charge < -0.3 is 4.90 Å². The number of fused-ring (bicyclic) bond motifs is 1. The molecular weight excluding hydrogens is 156 g/mol. The Morgan fingerprint density at radius 2 is 2.00 bits per heavy atom. The smallest absolute Gasteiger partial charge is 0.231 e. The van der Waals surface area contributed by atoms with Gasteiger partial charge in [-0.3, -0.25) is 14.9 Å². The van der Waals surface area contributed by atoms with Crippen LogP contribution in [0.3, 0.4) is 0 Å². The second kappa shape index (κ2) is 2.55. The number of likely N-dealkylation sites (tertiary alicyclic amines) is 1. The van der Waals surface area contributed by atoms with Crippen molar-refractivity contribution >= 4 is 11.8 Å². The maximum absolute atomic E-state index is 11.2. The number of carbonyl (C=O) groups is 2. The molecule has 0 aromatic heterocycles. The van der Waals surface area contributed by atoms with Gasteiger partial charge in [-0.1, -0.05) is 0 Å². The zero-order chi connectivity index (χ0) is 8.72. The van der Waals surface area contributed by atoms with E-state index in [-0.39, 0.29) is 23.7 Å². The minimum absolute atomic E-state index is 0.0475. The van der Waals surface area contributed by atoms with Gasteiger partial charge in [0, 0.05) is 6.54 Å². The van der Waals surface area contributed by atoms with Crippen molar-refractivity contribution in [2.45, 2.75) is 6.42 Å². The van der Waals surface area contributed by atoms with Crippen molar-refractivity contribution in [1.82, 2.24) is 10.2 Å². The lowest BCUT2D eigenvalue weighted by Gasteiger charge is -2.28. The normalized spacial score (nSPS) is 36.4. The summed E-state index contributed by atoms with van der Waals surface area (Å²) in [4.78, 5) is 24.5. The molecule has 2 aliphatic heterocycles. The van der Waals surface area contributed by atoms with Crippen LogP contribution in [0, 0.1) is 11.8 Å². The number of nitrogens with zero attached hydrogens (tertiary/aromatic N) is 1. The molecule has 0 aromatic carbocycles. The van der Waals surface area contributed by atoms with E-state index >= 15 is 0 Å². The molecule has 0 radical (unpaired) electrons. The average Bonchev–Trinajstić information content (AvgIpc) is 2.28. The van der Waals surface area contributed by atoms with Crippen molar-refractivity contribution in [2.24, 2.45) is 11.8 Å². The van der Waals surface area contributed by atoms with Crippen LogP contribution < -0.4 is 5.32 Å². The highest BCUT2D eigenvalue weighted by Crippen LogP contribution is 2.27. The number of piperidine rings is 1. The van der Waals surface area contributed by atoms with E-state index in [1.165, 1.54) is 0 Å². The first-order valence-corrected chi connectivity index (χ1v) is 4.22. The second-order valence-corrected chi connectivity index (χ2v) is 3.62. The van der Waals surface area contributed by atoms with E-state index in [1.54, 1.807) is 0 Å². The van der Waals surface area contributed by atoms with Crippen molar-refractivity contribution in [2.75, 3.05) is 20.1 Å². The number of imide groups is 1. The van der Waals surface area contributed by atoms with Crippen LogP contribution in [-0.4, -0.2) is 36.9 Å². The molecule has 1 N–H and O–H groups in total. The molecule has 2 amide bonds. The van der Waals surface area contributed by atoms with Crippen molar-refractivity contribution < 1.29 is 9.59 Å².